The van der Waals surface area contributed by atoms with E-state index in [4.69, 9.17) is 9.73 Å². The van der Waals surface area contributed by atoms with Crippen molar-refractivity contribution in [2.24, 2.45) is 10.9 Å². The van der Waals surface area contributed by atoms with Gasteiger partial charge in [0, 0.05) is 0 Å². The number of carbonyl (C=O) groups excluding carboxylic acids is 2. The zero-order valence-electron chi connectivity index (χ0n) is 14.7. The van der Waals surface area contributed by atoms with E-state index >= 15 is 0 Å². The quantitative estimate of drug-likeness (QED) is 0.557. The van der Waals surface area contributed by atoms with E-state index in [1.54, 1.807) is 6.92 Å². The fourth-order valence-electron chi connectivity index (χ4n) is 3.22. The molecule has 0 saturated carbocycles. The molecule has 0 bridgehead atoms. The van der Waals surface area contributed by atoms with Crippen molar-refractivity contribution in [1.29, 1.82) is 0 Å². The fourth-order valence-corrected chi connectivity index (χ4v) is 3.22. The van der Waals surface area contributed by atoms with Crippen molar-refractivity contribution in [2.75, 3.05) is 39.8 Å². The van der Waals surface area contributed by atoms with Crippen LogP contribution in [0, 0.1) is 5.92 Å². The van der Waals surface area contributed by atoms with Gasteiger partial charge in [-0.05, 0) is 12.5 Å². The Kier molecular flexibility index (Phi) is 5.33. The third kappa shape index (κ3) is 3.82. The van der Waals surface area contributed by atoms with Crippen molar-refractivity contribution in [1.82, 2.24) is 10.2 Å². The average Bonchev–Trinajstić information content (AvgIpc) is 2.62. The summed E-state index contributed by atoms with van der Waals surface area (Å²) < 4.78 is 5.11. The van der Waals surface area contributed by atoms with Gasteiger partial charge in [-0.1, -0.05) is 30.3 Å². The van der Waals surface area contributed by atoms with Crippen LogP contribution in [0.3, 0.4) is 0 Å². The molecule has 0 aromatic heterocycles. The highest BCUT2D eigenvalue weighted by Crippen LogP contribution is 2.30. The SMILES string of the molecule is CCOC(=O)[C@H]1C(=O)NC(N2CC[NH+](C)CC2)=N[C@@H]1c1ccccc1. The third-order valence-electron chi connectivity index (χ3n) is 4.69. The van der Waals surface area contributed by atoms with E-state index < -0.39 is 17.9 Å². The first-order valence-corrected chi connectivity index (χ1v) is 8.76. The molecule has 2 aliphatic heterocycles. The number of carbonyl (C=O) groups is 2. The summed E-state index contributed by atoms with van der Waals surface area (Å²) in [7, 11) is 2.15. The fraction of sp³-hybridized carbons (Fsp3) is 0.500. The highest BCUT2D eigenvalue weighted by atomic mass is 16.5. The molecule has 7 nitrogen and oxygen atoms in total. The van der Waals surface area contributed by atoms with Gasteiger partial charge < -0.3 is 14.5 Å². The summed E-state index contributed by atoms with van der Waals surface area (Å²) in [6, 6.07) is 8.91. The monoisotopic (exact) mass is 345 g/mol. The molecular formula is C18H25N4O3+. The van der Waals surface area contributed by atoms with Gasteiger partial charge in [0.15, 0.2) is 5.92 Å². The van der Waals surface area contributed by atoms with Crippen LogP contribution in [0.15, 0.2) is 35.3 Å². The van der Waals surface area contributed by atoms with Gasteiger partial charge in [-0.3, -0.25) is 14.9 Å². The van der Waals surface area contributed by atoms with Crippen LogP contribution in [0.5, 0.6) is 0 Å². The number of esters is 1. The molecule has 1 saturated heterocycles. The van der Waals surface area contributed by atoms with Crippen molar-refractivity contribution in [3.63, 3.8) is 0 Å². The summed E-state index contributed by atoms with van der Waals surface area (Å²) in [4.78, 5) is 33.3. The second kappa shape index (κ2) is 7.65. The van der Waals surface area contributed by atoms with Crippen LogP contribution in [0.2, 0.25) is 0 Å². The number of rotatable bonds is 3. The molecule has 1 fully saturated rings. The molecule has 0 aliphatic carbocycles. The van der Waals surface area contributed by atoms with E-state index in [9.17, 15) is 9.59 Å². The van der Waals surface area contributed by atoms with Crippen molar-refractivity contribution in [3.05, 3.63) is 35.9 Å². The maximum Gasteiger partial charge on any atom is 0.321 e. The third-order valence-corrected chi connectivity index (χ3v) is 4.69. The number of benzene rings is 1. The number of aliphatic imine (C=N–C) groups is 1. The summed E-state index contributed by atoms with van der Waals surface area (Å²) in [5.41, 5.74) is 0.840. The molecule has 1 aromatic carbocycles. The van der Waals surface area contributed by atoms with Crippen molar-refractivity contribution >= 4 is 17.8 Å². The summed E-state index contributed by atoms with van der Waals surface area (Å²) in [5.74, 6) is -1.26. The van der Waals surface area contributed by atoms with Crippen LogP contribution in [0.25, 0.3) is 0 Å². The van der Waals surface area contributed by atoms with E-state index in [1.165, 1.54) is 4.90 Å². The second-order valence-electron chi connectivity index (χ2n) is 6.47. The van der Waals surface area contributed by atoms with E-state index in [0.717, 1.165) is 31.7 Å². The zero-order chi connectivity index (χ0) is 17.8. The first-order valence-electron chi connectivity index (χ1n) is 8.76. The van der Waals surface area contributed by atoms with Crippen LogP contribution in [0.4, 0.5) is 0 Å². The van der Waals surface area contributed by atoms with Gasteiger partial charge in [-0.25, -0.2) is 4.99 Å². The first kappa shape index (κ1) is 17.4. The maximum absolute atomic E-state index is 12.7. The Balaban J connectivity index is 1.91. The smallest absolute Gasteiger partial charge is 0.321 e. The molecule has 134 valence electrons. The molecule has 2 N–H and O–H groups in total. The summed E-state index contributed by atoms with van der Waals surface area (Å²) in [6.07, 6.45) is 0. The second-order valence-corrected chi connectivity index (χ2v) is 6.47. The number of amides is 1. The number of quaternary nitrogens is 1. The molecule has 0 unspecified atom stereocenters. The Morgan fingerprint density at radius 2 is 2.00 bits per heavy atom. The van der Waals surface area contributed by atoms with Crippen LogP contribution in [-0.4, -0.2) is 62.6 Å². The van der Waals surface area contributed by atoms with Gasteiger partial charge >= 0.3 is 5.97 Å². The minimum absolute atomic E-state index is 0.238. The highest BCUT2D eigenvalue weighted by Gasteiger charge is 2.42. The van der Waals surface area contributed by atoms with E-state index in [2.05, 4.69) is 17.3 Å². The number of ether oxygens (including phenoxy) is 1. The molecule has 25 heavy (non-hydrogen) atoms. The summed E-state index contributed by atoms with van der Waals surface area (Å²) in [5, 5.41) is 2.82. The van der Waals surface area contributed by atoms with E-state index in [0.29, 0.717) is 5.96 Å². The standard InChI is InChI=1S/C18H24N4O3/c1-3-25-17(24)14-15(13-7-5-4-6-8-13)19-18(20-16(14)23)22-11-9-21(2)10-12-22/h4-8,14-15H,3,9-12H2,1-2H3,(H,19,20,23)/p+1/t14-,15-/m1/s1. The molecule has 2 atom stereocenters. The van der Waals surface area contributed by atoms with Gasteiger partial charge in [0.25, 0.3) is 0 Å². The molecule has 3 rings (SSSR count). The normalized spacial score (nSPS) is 24.5. The van der Waals surface area contributed by atoms with Crippen LogP contribution >= 0.6 is 0 Å². The van der Waals surface area contributed by atoms with Crippen molar-refractivity contribution in [2.45, 2.75) is 13.0 Å². The number of nitrogens with zero attached hydrogens (tertiary/aromatic N) is 2. The maximum atomic E-state index is 12.7. The summed E-state index contributed by atoms with van der Waals surface area (Å²) >= 11 is 0. The lowest BCUT2D eigenvalue weighted by Crippen LogP contribution is -3.12. The predicted molar refractivity (Wildman–Crippen MR) is 93.1 cm³/mol. The number of nitrogens with one attached hydrogen (secondary N) is 2. The van der Waals surface area contributed by atoms with Crippen molar-refractivity contribution in [3.8, 4) is 0 Å². The predicted octanol–water partition coefficient (Wildman–Crippen LogP) is -0.777. The number of hydrogen-bond acceptors (Lipinski definition) is 5. The lowest BCUT2D eigenvalue weighted by molar-refractivity contribution is -0.883. The largest absolute Gasteiger partial charge is 0.465 e. The number of guanidine groups is 1. The van der Waals surface area contributed by atoms with Gasteiger partial charge in [0.1, 0.15) is 6.04 Å². The van der Waals surface area contributed by atoms with Gasteiger partial charge in [-0.15, -0.1) is 0 Å². The van der Waals surface area contributed by atoms with Crippen LogP contribution < -0.4 is 10.2 Å². The van der Waals surface area contributed by atoms with Gasteiger partial charge in [-0.2, -0.15) is 0 Å². The highest BCUT2D eigenvalue weighted by molar-refractivity contribution is 6.08. The Hall–Kier alpha value is -2.41. The number of hydrogen-bond donors (Lipinski definition) is 2. The minimum Gasteiger partial charge on any atom is -0.465 e. The lowest BCUT2D eigenvalue weighted by Gasteiger charge is -2.36. The molecule has 2 heterocycles. The molecule has 0 radical (unpaired) electrons. The van der Waals surface area contributed by atoms with Crippen molar-refractivity contribution < 1.29 is 19.2 Å². The lowest BCUT2D eigenvalue weighted by atomic mass is 9.91. The van der Waals surface area contributed by atoms with Crippen LogP contribution in [0.1, 0.15) is 18.5 Å². The first-order chi connectivity index (χ1) is 12.1. The van der Waals surface area contributed by atoms with Gasteiger partial charge in [0.2, 0.25) is 11.9 Å². The topological polar surface area (TPSA) is 75.4 Å². The molecule has 1 aromatic rings. The number of piperazine rings is 1. The minimum atomic E-state index is -0.954. The number of likely N-dealkylation sites (N-methyl/N-ethyl adjacent to an activating group) is 1. The average molecular weight is 345 g/mol. The Labute approximate surface area is 147 Å². The Morgan fingerprint density at radius 3 is 2.64 bits per heavy atom. The summed E-state index contributed by atoms with van der Waals surface area (Å²) in [6.45, 7) is 5.62. The molecule has 0 spiro atoms. The molecular weight excluding hydrogens is 320 g/mol. The van der Waals surface area contributed by atoms with E-state index in [1.807, 2.05) is 30.3 Å². The van der Waals surface area contributed by atoms with E-state index in [-0.39, 0.29) is 12.5 Å². The Morgan fingerprint density at radius 1 is 1.32 bits per heavy atom. The molecule has 7 heteroatoms. The molecule has 1 amide bonds. The Bertz CT molecular complexity index is 654. The van der Waals surface area contributed by atoms with Gasteiger partial charge in [0.05, 0.1) is 39.8 Å². The van der Waals surface area contributed by atoms with Crippen LogP contribution in [-0.2, 0) is 14.3 Å². The zero-order valence-corrected chi connectivity index (χ0v) is 14.7. The molecule has 2 aliphatic rings.